The minimum Gasteiger partial charge on any atom is -0.371 e. The third kappa shape index (κ3) is 4.23. The van der Waals surface area contributed by atoms with Gasteiger partial charge in [0.2, 0.25) is 5.91 Å². The number of nitrogens with one attached hydrogen (secondary N) is 1. The van der Waals surface area contributed by atoms with Crippen molar-refractivity contribution in [2.45, 2.75) is 26.3 Å². The lowest BCUT2D eigenvalue weighted by atomic mass is 10.1. The summed E-state index contributed by atoms with van der Waals surface area (Å²) in [6, 6.07) is 7.90. The van der Waals surface area contributed by atoms with Gasteiger partial charge in [0.1, 0.15) is 5.82 Å². The zero-order valence-corrected chi connectivity index (χ0v) is 14.4. The number of halogens is 1. The Kier molecular flexibility index (Phi) is 5.30. The Bertz CT molecular complexity index is 703. The molecule has 1 unspecified atom stereocenters. The zero-order chi connectivity index (χ0) is 16.9. The number of nitrogens with zero attached hydrogens (tertiary/aromatic N) is 5. The van der Waals surface area contributed by atoms with Crippen molar-refractivity contribution in [3.63, 3.8) is 0 Å². The van der Waals surface area contributed by atoms with Gasteiger partial charge in [-0.1, -0.05) is 17.7 Å². The minimum atomic E-state index is 0.0334. The highest BCUT2D eigenvalue weighted by molar-refractivity contribution is 6.30. The molecule has 0 radical (unpaired) electrons. The highest BCUT2D eigenvalue weighted by atomic mass is 35.5. The Morgan fingerprint density at radius 1 is 1.46 bits per heavy atom. The van der Waals surface area contributed by atoms with Crippen LogP contribution in [0.25, 0.3) is 0 Å². The van der Waals surface area contributed by atoms with Crippen molar-refractivity contribution in [2.24, 2.45) is 5.92 Å². The fourth-order valence-corrected chi connectivity index (χ4v) is 3.10. The van der Waals surface area contributed by atoms with Gasteiger partial charge in [0, 0.05) is 36.8 Å². The first-order valence-corrected chi connectivity index (χ1v) is 8.49. The molecule has 0 bridgehead atoms. The predicted octanol–water partition coefficient (Wildman–Crippen LogP) is 1.67. The van der Waals surface area contributed by atoms with Crippen LogP contribution < -0.4 is 10.2 Å². The summed E-state index contributed by atoms with van der Waals surface area (Å²) in [5.74, 6) is 1.21. The lowest BCUT2D eigenvalue weighted by molar-refractivity contribution is -0.121. The third-order valence-electron chi connectivity index (χ3n) is 4.31. The van der Waals surface area contributed by atoms with Crippen LogP contribution in [-0.2, 0) is 11.3 Å². The molecule has 3 rings (SSSR count). The second kappa shape index (κ2) is 7.61. The van der Waals surface area contributed by atoms with Crippen LogP contribution in [0.4, 0.5) is 5.69 Å². The number of amides is 1. The number of hydrogen-bond acceptors (Lipinski definition) is 5. The second-order valence-electron chi connectivity index (χ2n) is 6.08. The summed E-state index contributed by atoms with van der Waals surface area (Å²) in [4.78, 5) is 14.3. The van der Waals surface area contributed by atoms with Crippen molar-refractivity contribution in [3.05, 3.63) is 35.1 Å². The largest absolute Gasteiger partial charge is 0.371 e. The summed E-state index contributed by atoms with van der Waals surface area (Å²) in [6.45, 7) is 4.95. The van der Waals surface area contributed by atoms with E-state index in [-0.39, 0.29) is 5.91 Å². The number of aryl methyl sites for hydroxylation is 2. The maximum absolute atomic E-state index is 12.0. The molecular formula is C16H21ClN6O. The number of carbonyl (C=O) groups is 1. The average Bonchev–Trinajstić information content (AvgIpc) is 3.20. The van der Waals surface area contributed by atoms with E-state index >= 15 is 0 Å². The van der Waals surface area contributed by atoms with Gasteiger partial charge in [0.15, 0.2) is 0 Å². The van der Waals surface area contributed by atoms with E-state index in [1.54, 1.807) is 4.68 Å². The van der Waals surface area contributed by atoms with E-state index in [1.807, 2.05) is 25.1 Å². The van der Waals surface area contributed by atoms with Crippen molar-refractivity contribution >= 4 is 23.2 Å². The molecule has 0 saturated carbocycles. The molecule has 8 heteroatoms. The molecule has 1 fully saturated rings. The quantitative estimate of drug-likeness (QED) is 0.859. The molecule has 1 saturated heterocycles. The first kappa shape index (κ1) is 16.7. The molecule has 1 aromatic heterocycles. The molecule has 1 aromatic carbocycles. The first-order chi connectivity index (χ1) is 11.6. The van der Waals surface area contributed by atoms with Gasteiger partial charge in [0.25, 0.3) is 0 Å². The molecule has 2 aromatic rings. The van der Waals surface area contributed by atoms with Gasteiger partial charge < -0.3 is 10.2 Å². The van der Waals surface area contributed by atoms with Crippen molar-refractivity contribution in [3.8, 4) is 0 Å². The predicted molar refractivity (Wildman–Crippen MR) is 92.0 cm³/mol. The number of carbonyl (C=O) groups excluding carboxylic acids is 1. The van der Waals surface area contributed by atoms with Crippen molar-refractivity contribution < 1.29 is 4.79 Å². The Labute approximate surface area is 146 Å². The topological polar surface area (TPSA) is 75.9 Å². The fraction of sp³-hybridized carbons (Fsp3) is 0.500. The number of aromatic nitrogens is 4. The van der Waals surface area contributed by atoms with Crippen LogP contribution in [-0.4, -0.2) is 45.7 Å². The van der Waals surface area contributed by atoms with E-state index in [0.717, 1.165) is 36.0 Å². The van der Waals surface area contributed by atoms with Gasteiger partial charge in [-0.3, -0.25) is 4.79 Å². The van der Waals surface area contributed by atoms with E-state index in [2.05, 4.69) is 31.8 Å². The van der Waals surface area contributed by atoms with Crippen LogP contribution in [0.2, 0.25) is 5.02 Å². The fourth-order valence-electron chi connectivity index (χ4n) is 2.92. The van der Waals surface area contributed by atoms with E-state index in [1.165, 1.54) is 0 Å². The second-order valence-corrected chi connectivity index (χ2v) is 6.52. The summed E-state index contributed by atoms with van der Waals surface area (Å²) in [5, 5.41) is 15.0. The lowest BCUT2D eigenvalue weighted by Crippen LogP contribution is -2.31. The Morgan fingerprint density at radius 2 is 2.33 bits per heavy atom. The standard InChI is InChI=1S/C16H21ClN6O/c1-12-19-20-21-23(12)8-6-16(24)18-10-13-5-7-22(11-13)15-4-2-3-14(17)9-15/h2-4,9,13H,5-8,10-11H2,1H3,(H,18,24). The number of anilines is 1. The lowest BCUT2D eigenvalue weighted by Gasteiger charge is -2.19. The maximum atomic E-state index is 12.0. The molecule has 1 atom stereocenters. The Morgan fingerprint density at radius 3 is 3.08 bits per heavy atom. The van der Waals surface area contributed by atoms with Crippen LogP contribution in [0.5, 0.6) is 0 Å². The van der Waals surface area contributed by atoms with Crippen LogP contribution in [0.1, 0.15) is 18.7 Å². The van der Waals surface area contributed by atoms with Crippen molar-refractivity contribution in [1.82, 2.24) is 25.5 Å². The molecular weight excluding hydrogens is 328 g/mol. The summed E-state index contributed by atoms with van der Waals surface area (Å²) in [5.41, 5.74) is 1.14. The van der Waals surface area contributed by atoms with Crippen molar-refractivity contribution in [1.29, 1.82) is 0 Å². The highest BCUT2D eigenvalue weighted by Crippen LogP contribution is 2.25. The van der Waals surface area contributed by atoms with Gasteiger partial charge in [-0.15, -0.1) is 5.10 Å². The minimum absolute atomic E-state index is 0.0334. The summed E-state index contributed by atoms with van der Waals surface area (Å²) < 4.78 is 1.63. The number of benzene rings is 1. The van der Waals surface area contributed by atoms with E-state index in [9.17, 15) is 4.79 Å². The molecule has 24 heavy (non-hydrogen) atoms. The van der Waals surface area contributed by atoms with Gasteiger partial charge in [-0.2, -0.15) is 0 Å². The molecule has 0 spiro atoms. The number of hydrogen-bond donors (Lipinski definition) is 1. The van der Waals surface area contributed by atoms with E-state index in [4.69, 9.17) is 11.6 Å². The smallest absolute Gasteiger partial charge is 0.221 e. The van der Waals surface area contributed by atoms with Gasteiger partial charge in [-0.25, -0.2) is 4.68 Å². The zero-order valence-electron chi connectivity index (χ0n) is 13.7. The molecule has 0 aliphatic carbocycles. The number of rotatable bonds is 6. The maximum Gasteiger partial charge on any atom is 0.221 e. The Balaban J connectivity index is 1.41. The van der Waals surface area contributed by atoms with Gasteiger partial charge in [0.05, 0.1) is 6.54 Å². The third-order valence-corrected chi connectivity index (χ3v) is 4.54. The van der Waals surface area contributed by atoms with Crippen LogP contribution in [0.15, 0.2) is 24.3 Å². The normalized spacial score (nSPS) is 17.2. The number of tetrazole rings is 1. The molecule has 2 heterocycles. The molecule has 7 nitrogen and oxygen atoms in total. The highest BCUT2D eigenvalue weighted by Gasteiger charge is 2.23. The van der Waals surface area contributed by atoms with Gasteiger partial charge in [-0.05, 0) is 47.9 Å². The van der Waals surface area contributed by atoms with Crippen LogP contribution in [0.3, 0.4) is 0 Å². The van der Waals surface area contributed by atoms with Crippen LogP contribution in [0, 0.1) is 12.8 Å². The first-order valence-electron chi connectivity index (χ1n) is 8.12. The molecule has 1 N–H and O–H groups in total. The van der Waals surface area contributed by atoms with Crippen LogP contribution >= 0.6 is 11.6 Å². The van der Waals surface area contributed by atoms with Gasteiger partial charge >= 0.3 is 0 Å². The molecule has 1 aliphatic rings. The molecule has 1 amide bonds. The monoisotopic (exact) mass is 348 g/mol. The van der Waals surface area contributed by atoms with Crippen molar-refractivity contribution in [2.75, 3.05) is 24.5 Å². The molecule has 128 valence electrons. The molecule has 1 aliphatic heterocycles. The summed E-state index contributed by atoms with van der Waals surface area (Å²) in [6.07, 6.45) is 1.45. The summed E-state index contributed by atoms with van der Waals surface area (Å²) >= 11 is 6.05. The van der Waals surface area contributed by atoms with E-state index < -0.39 is 0 Å². The van der Waals surface area contributed by atoms with E-state index in [0.29, 0.717) is 25.4 Å². The summed E-state index contributed by atoms with van der Waals surface area (Å²) in [7, 11) is 0. The SMILES string of the molecule is Cc1nnnn1CCC(=O)NCC1CCN(c2cccc(Cl)c2)C1. The average molecular weight is 349 g/mol. The Hall–Kier alpha value is -2.15.